The van der Waals surface area contributed by atoms with Gasteiger partial charge in [-0.1, -0.05) is 0 Å². The molecule has 1 aliphatic heterocycles. The van der Waals surface area contributed by atoms with Gasteiger partial charge in [0.2, 0.25) is 0 Å². The lowest BCUT2D eigenvalue weighted by Crippen LogP contribution is -2.27. The Balaban J connectivity index is 1.41. The van der Waals surface area contributed by atoms with Crippen LogP contribution in [0.3, 0.4) is 0 Å². The van der Waals surface area contributed by atoms with E-state index in [2.05, 4.69) is 5.32 Å². The van der Waals surface area contributed by atoms with Crippen LogP contribution in [-0.4, -0.2) is 30.8 Å². The Morgan fingerprint density at radius 2 is 2.22 bits per heavy atom. The Morgan fingerprint density at radius 1 is 1.28 bits per heavy atom. The predicted octanol–water partition coefficient (Wildman–Crippen LogP) is 2.33. The van der Waals surface area contributed by atoms with Gasteiger partial charge in [0.1, 0.15) is 0 Å². The van der Waals surface area contributed by atoms with E-state index < -0.39 is 0 Å². The van der Waals surface area contributed by atoms with E-state index in [4.69, 9.17) is 9.72 Å². The first-order valence-electron chi connectivity index (χ1n) is 7.21. The van der Waals surface area contributed by atoms with Crippen molar-refractivity contribution < 1.29 is 4.74 Å². The standard InChI is InChI=1S/C14H22N2OS/c1-2-6-13-12(5-1)16-14(18-13)7-8-15-10-11-4-3-9-17-11/h11,15H,1-10H2. The molecule has 0 aromatic carbocycles. The van der Waals surface area contributed by atoms with Gasteiger partial charge >= 0.3 is 0 Å². The Labute approximate surface area is 113 Å². The first kappa shape index (κ1) is 12.6. The van der Waals surface area contributed by atoms with Crippen LogP contribution in [0.15, 0.2) is 0 Å². The van der Waals surface area contributed by atoms with Gasteiger partial charge in [0.25, 0.3) is 0 Å². The second-order valence-electron chi connectivity index (χ2n) is 5.27. The van der Waals surface area contributed by atoms with Crippen molar-refractivity contribution in [2.45, 2.75) is 51.0 Å². The average Bonchev–Trinajstić information content (AvgIpc) is 3.03. The molecule has 1 fully saturated rings. The first-order valence-corrected chi connectivity index (χ1v) is 8.03. The summed E-state index contributed by atoms with van der Waals surface area (Å²) in [7, 11) is 0. The molecule has 1 aromatic rings. The summed E-state index contributed by atoms with van der Waals surface area (Å²) in [6.45, 7) is 2.99. The van der Waals surface area contributed by atoms with Crippen molar-refractivity contribution in [2.24, 2.45) is 0 Å². The van der Waals surface area contributed by atoms with Crippen molar-refractivity contribution in [3.8, 4) is 0 Å². The van der Waals surface area contributed by atoms with E-state index in [1.54, 1.807) is 4.88 Å². The zero-order valence-electron chi connectivity index (χ0n) is 10.9. The maximum Gasteiger partial charge on any atom is 0.0943 e. The van der Waals surface area contributed by atoms with Crippen LogP contribution in [0.5, 0.6) is 0 Å². The summed E-state index contributed by atoms with van der Waals surface area (Å²) >= 11 is 1.94. The third kappa shape index (κ3) is 3.11. The fourth-order valence-electron chi connectivity index (χ4n) is 2.78. The van der Waals surface area contributed by atoms with Crippen LogP contribution in [0.2, 0.25) is 0 Å². The minimum Gasteiger partial charge on any atom is -0.377 e. The summed E-state index contributed by atoms with van der Waals surface area (Å²) < 4.78 is 5.60. The van der Waals surface area contributed by atoms with E-state index >= 15 is 0 Å². The lowest BCUT2D eigenvalue weighted by atomic mass is 10.0. The van der Waals surface area contributed by atoms with Crippen LogP contribution in [0, 0.1) is 0 Å². The van der Waals surface area contributed by atoms with Gasteiger partial charge in [0.15, 0.2) is 0 Å². The van der Waals surface area contributed by atoms with Gasteiger partial charge in [-0.05, 0) is 38.5 Å². The van der Waals surface area contributed by atoms with Gasteiger partial charge in [-0.3, -0.25) is 0 Å². The lowest BCUT2D eigenvalue weighted by molar-refractivity contribution is 0.110. The highest BCUT2D eigenvalue weighted by Crippen LogP contribution is 2.26. The molecular weight excluding hydrogens is 244 g/mol. The molecule has 1 aromatic heterocycles. The van der Waals surface area contributed by atoms with Crippen molar-refractivity contribution in [2.75, 3.05) is 19.7 Å². The number of nitrogens with one attached hydrogen (secondary N) is 1. The molecule has 0 saturated carbocycles. The molecule has 4 heteroatoms. The lowest BCUT2D eigenvalue weighted by Gasteiger charge is -2.09. The number of ether oxygens (including phenoxy) is 1. The highest BCUT2D eigenvalue weighted by atomic mass is 32.1. The highest BCUT2D eigenvalue weighted by molar-refractivity contribution is 7.11. The zero-order chi connectivity index (χ0) is 12.2. The summed E-state index contributed by atoms with van der Waals surface area (Å²) in [4.78, 5) is 6.32. The fourth-order valence-corrected chi connectivity index (χ4v) is 3.93. The topological polar surface area (TPSA) is 34.1 Å². The molecule has 0 amide bonds. The third-order valence-electron chi connectivity index (χ3n) is 3.80. The van der Waals surface area contributed by atoms with E-state index in [0.717, 1.165) is 26.1 Å². The molecule has 1 saturated heterocycles. The summed E-state index contributed by atoms with van der Waals surface area (Å²) in [5.41, 5.74) is 1.39. The summed E-state index contributed by atoms with van der Waals surface area (Å²) in [5.74, 6) is 0. The number of hydrogen-bond donors (Lipinski definition) is 1. The Bertz CT molecular complexity index is 362. The average molecular weight is 266 g/mol. The Hall–Kier alpha value is -0.450. The summed E-state index contributed by atoms with van der Waals surface area (Å²) in [6, 6.07) is 0. The molecular formula is C14H22N2OS. The van der Waals surface area contributed by atoms with Crippen LogP contribution in [0.4, 0.5) is 0 Å². The minimum atomic E-state index is 0.453. The van der Waals surface area contributed by atoms with Gasteiger partial charge < -0.3 is 10.1 Å². The first-order chi connectivity index (χ1) is 8.92. The number of aryl methyl sites for hydroxylation is 2. The van der Waals surface area contributed by atoms with Gasteiger partial charge in [-0.25, -0.2) is 4.98 Å². The fraction of sp³-hybridized carbons (Fsp3) is 0.786. The van der Waals surface area contributed by atoms with Gasteiger partial charge in [0.05, 0.1) is 16.8 Å². The number of thiazole rings is 1. The van der Waals surface area contributed by atoms with E-state index in [9.17, 15) is 0 Å². The predicted molar refractivity (Wildman–Crippen MR) is 74.3 cm³/mol. The monoisotopic (exact) mass is 266 g/mol. The van der Waals surface area contributed by atoms with Crippen molar-refractivity contribution in [3.63, 3.8) is 0 Å². The van der Waals surface area contributed by atoms with E-state index in [0.29, 0.717) is 6.10 Å². The second-order valence-corrected chi connectivity index (χ2v) is 6.44. The van der Waals surface area contributed by atoms with E-state index in [1.165, 1.54) is 49.2 Å². The molecule has 1 N–H and O–H groups in total. The van der Waals surface area contributed by atoms with E-state index in [-0.39, 0.29) is 0 Å². The SMILES string of the molecule is C1CCc2sc(CCNCC3CCCO3)nc2C1. The normalized spacial score (nSPS) is 23.2. The smallest absolute Gasteiger partial charge is 0.0943 e. The highest BCUT2D eigenvalue weighted by Gasteiger charge is 2.16. The maximum atomic E-state index is 5.60. The molecule has 0 bridgehead atoms. The van der Waals surface area contributed by atoms with Gasteiger partial charge in [-0.15, -0.1) is 11.3 Å². The molecule has 3 nitrogen and oxygen atoms in total. The molecule has 3 rings (SSSR count). The second kappa shape index (κ2) is 6.13. The van der Waals surface area contributed by atoms with Crippen molar-refractivity contribution in [1.82, 2.24) is 10.3 Å². The molecule has 2 aliphatic rings. The number of nitrogens with zero attached hydrogens (tertiary/aromatic N) is 1. The van der Waals surface area contributed by atoms with Crippen LogP contribution < -0.4 is 5.32 Å². The molecule has 1 aliphatic carbocycles. The van der Waals surface area contributed by atoms with E-state index in [1.807, 2.05) is 11.3 Å². The van der Waals surface area contributed by atoms with Crippen LogP contribution in [0.25, 0.3) is 0 Å². The quantitative estimate of drug-likeness (QED) is 0.831. The molecule has 1 atom stereocenters. The largest absolute Gasteiger partial charge is 0.377 e. The molecule has 0 spiro atoms. The van der Waals surface area contributed by atoms with Crippen LogP contribution in [0.1, 0.15) is 41.3 Å². The number of fused-ring (bicyclic) bond motifs is 1. The summed E-state index contributed by atoms with van der Waals surface area (Å²) in [5, 5.41) is 4.82. The summed E-state index contributed by atoms with van der Waals surface area (Å²) in [6.07, 6.45) is 9.12. The number of hydrogen-bond acceptors (Lipinski definition) is 4. The van der Waals surface area contributed by atoms with Gasteiger partial charge in [-0.2, -0.15) is 0 Å². The van der Waals surface area contributed by atoms with Crippen LogP contribution in [-0.2, 0) is 24.0 Å². The van der Waals surface area contributed by atoms with Crippen molar-refractivity contribution in [3.05, 3.63) is 15.6 Å². The Kier molecular flexibility index (Phi) is 4.28. The molecule has 2 heterocycles. The molecule has 18 heavy (non-hydrogen) atoms. The zero-order valence-corrected chi connectivity index (χ0v) is 11.7. The number of rotatable bonds is 5. The molecule has 100 valence electrons. The van der Waals surface area contributed by atoms with Crippen molar-refractivity contribution in [1.29, 1.82) is 0 Å². The molecule has 0 radical (unpaired) electrons. The van der Waals surface area contributed by atoms with Crippen LogP contribution >= 0.6 is 11.3 Å². The van der Waals surface area contributed by atoms with Gasteiger partial charge in [0, 0.05) is 31.0 Å². The third-order valence-corrected chi connectivity index (χ3v) is 5.02. The minimum absolute atomic E-state index is 0.453. The molecule has 1 unspecified atom stereocenters. The maximum absolute atomic E-state index is 5.60. The van der Waals surface area contributed by atoms with Crippen molar-refractivity contribution >= 4 is 11.3 Å². The Morgan fingerprint density at radius 3 is 3.06 bits per heavy atom. The number of aromatic nitrogens is 1.